The highest BCUT2D eigenvalue weighted by Gasteiger charge is 2.34. The van der Waals surface area contributed by atoms with Gasteiger partial charge in [0.2, 0.25) is 23.6 Å². The van der Waals surface area contributed by atoms with Crippen molar-refractivity contribution in [2.45, 2.75) is 103 Å². The van der Waals surface area contributed by atoms with Crippen LogP contribution in [0.25, 0.3) is 0 Å². The van der Waals surface area contributed by atoms with Crippen LogP contribution >= 0.6 is 11.3 Å². The predicted molar refractivity (Wildman–Crippen MR) is 205 cm³/mol. The minimum atomic E-state index is -0.995. The van der Waals surface area contributed by atoms with E-state index >= 15 is 0 Å². The second kappa shape index (κ2) is 20.8. The van der Waals surface area contributed by atoms with Gasteiger partial charge >= 0.3 is 0 Å². The Bertz CT molecular complexity index is 1530. The average Bonchev–Trinajstić information content (AvgIpc) is 3.67. The summed E-state index contributed by atoms with van der Waals surface area (Å²) in [7, 11) is 3.33. The fourth-order valence-electron chi connectivity index (χ4n) is 7.18. The highest BCUT2D eigenvalue weighted by Crippen LogP contribution is 2.30. The summed E-state index contributed by atoms with van der Waals surface area (Å²) in [6, 6.07) is 17.7. The SMILES string of the molecule is CNC(=O)[C@@H](C[C@H](O)[C@H](CC1CCCCC1)NC(=O)[C@H](Cc1cscn1)NC(=O)[C@@H](CC(=O)N(C)Cc1ccccc1)Cc1ccccc1)C(C)C. The van der Waals surface area contributed by atoms with E-state index in [2.05, 4.69) is 20.9 Å². The number of nitrogens with zero attached hydrogens (tertiary/aromatic N) is 2. The number of aliphatic hydroxyl groups is 1. The molecule has 0 unspecified atom stereocenters. The minimum Gasteiger partial charge on any atom is -0.391 e. The molecule has 4 N–H and O–H groups in total. The zero-order chi connectivity index (χ0) is 37.5. The van der Waals surface area contributed by atoms with Crippen molar-refractivity contribution in [2.75, 3.05) is 14.1 Å². The van der Waals surface area contributed by atoms with Crippen LogP contribution in [0.1, 0.15) is 82.0 Å². The van der Waals surface area contributed by atoms with Gasteiger partial charge in [-0.2, -0.15) is 0 Å². The zero-order valence-electron chi connectivity index (χ0n) is 31.1. The maximum atomic E-state index is 14.3. The summed E-state index contributed by atoms with van der Waals surface area (Å²) < 4.78 is 0. The minimum absolute atomic E-state index is 0.00618. The van der Waals surface area contributed by atoms with Gasteiger partial charge in [-0.05, 0) is 42.2 Å². The molecular weight excluding hydrogens is 675 g/mol. The van der Waals surface area contributed by atoms with Crippen LogP contribution in [0.15, 0.2) is 71.6 Å². The maximum absolute atomic E-state index is 14.3. The monoisotopic (exact) mass is 731 g/mol. The highest BCUT2D eigenvalue weighted by atomic mass is 32.1. The fourth-order valence-corrected chi connectivity index (χ4v) is 7.76. The van der Waals surface area contributed by atoms with E-state index in [9.17, 15) is 24.3 Å². The van der Waals surface area contributed by atoms with Gasteiger partial charge < -0.3 is 26.0 Å². The van der Waals surface area contributed by atoms with E-state index in [0.717, 1.165) is 36.8 Å². The molecule has 1 heterocycles. The second-order valence-corrected chi connectivity index (χ2v) is 15.4. The number of nitrogens with one attached hydrogen (secondary N) is 3. The van der Waals surface area contributed by atoms with Crippen molar-refractivity contribution in [3.05, 3.63) is 88.4 Å². The normalized spacial score (nSPS) is 16.3. The first-order valence-corrected chi connectivity index (χ1v) is 19.7. The molecule has 0 radical (unpaired) electrons. The molecule has 11 heteroatoms. The van der Waals surface area contributed by atoms with Crippen molar-refractivity contribution in [1.82, 2.24) is 25.8 Å². The number of amides is 4. The van der Waals surface area contributed by atoms with E-state index in [0.29, 0.717) is 31.0 Å². The van der Waals surface area contributed by atoms with Crippen LogP contribution in [0, 0.1) is 23.7 Å². The van der Waals surface area contributed by atoms with Gasteiger partial charge in [-0.1, -0.05) is 107 Å². The van der Waals surface area contributed by atoms with Gasteiger partial charge in [-0.15, -0.1) is 11.3 Å². The standard InChI is InChI=1S/C41H57N5O5S/c1-28(2)34(40(50)42-3)24-37(47)35(21-30-16-10-6-11-17-30)44-41(51)36(23-33-26-52-27-43-33)45-39(49)32(20-29-14-8-5-9-15-29)22-38(48)46(4)25-31-18-12-7-13-19-31/h5,7-9,12-15,18-19,26-28,30,32,34-37,47H,6,10-11,16-17,20-25H2,1-4H3,(H,42,50)(H,44,51)(H,45,49)/t32-,34+,35+,36+,37+/m1/s1. The molecule has 2 aromatic carbocycles. The molecular formula is C41H57N5O5S. The van der Waals surface area contributed by atoms with Gasteiger partial charge in [0, 0.05) is 44.8 Å². The zero-order valence-corrected chi connectivity index (χ0v) is 31.9. The van der Waals surface area contributed by atoms with Crippen LogP contribution in [0.2, 0.25) is 0 Å². The molecule has 0 saturated heterocycles. The van der Waals surface area contributed by atoms with Crippen LogP contribution in [0.5, 0.6) is 0 Å². The van der Waals surface area contributed by atoms with Crippen LogP contribution in [-0.4, -0.2) is 70.9 Å². The number of aromatic nitrogens is 1. The van der Waals surface area contributed by atoms with E-state index in [1.165, 1.54) is 17.8 Å². The summed E-state index contributed by atoms with van der Waals surface area (Å²) in [6.07, 6.45) is 5.71. The molecule has 5 atom stereocenters. The van der Waals surface area contributed by atoms with E-state index in [1.807, 2.05) is 79.9 Å². The Kier molecular flexibility index (Phi) is 16.3. The summed E-state index contributed by atoms with van der Waals surface area (Å²) >= 11 is 1.41. The van der Waals surface area contributed by atoms with Gasteiger partial charge in [0.1, 0.15) is 6.04 Å². The molecule has 0 spiro atoms. The van der Waals surface area contributed by atoms with Gasteiger partial charge in [-0.3, -0.25) is 19.2 Å². The Hall–Kier alpha value is -4.09. The molecule has 4 rings (SSSR count). The Morgan fingerprint density at radius 1 is 0.885 bits per heavy atom. The number of carbonyl (C=O) groups is 4. The largest absolute Gasteiger partial charge is 0.391 e. The Labute approximate surface area is 313 Å². The number of carbonyl (C=O) groups excluding carboxylic acids is 4. The number of hydrogen-bond acceptors (Lipinski definition) is 7. The number of benzene rings is 2. The van der Waals surface area contributed by atoms with Crippen molar-refractivity contribution in [3.8, 4) is 0 Å². The lowest BCUT2D eigenvalue weighted by Crippen LogP contribution is -2.55. The first kappa shape index (κ1) is 40.7. The first-order chi connectivity index (χ1) is 25.0. The number of thiazole rings is 1. The number of aliphatic hydroxyl groups excluding tert-OH is 1. The topological polar surface area (TPSA) is 141 Å². The van der Waals surface area contributed by atoms with Gasteiger partial charge in [0.05, 0.1) is 29.3 Å². The summed E-state index contributed by atoms with van der Waals surface area (Å²) in [5, 5.41) is 22.3. The smallest absolute Gasteiger partial charge is 0.243 e. The van der Waals surface area contributed by atoms with Gasteiger partial charge in [0.25, 0.3) is 0 Å². The summed E-state index contributed by atoms with van der Waals surface area (Å²) in [4.78, 5) is 60.8. The molecule has 10 nitrogen and oxygen atoms in total. The molecule has 282 valence electrons. The van der Waals surface area contributed by atoms with E-state index < -0.39 is 41.8 Å². The molecule has 52 heavy (non-hydrogen) atoms. The molecule has 1 saturated carbocycles. The van der Waals surface area contributed by atoms with E-state index in [4.69, 9.17) is 0 Å². The Morgan fingerprint density at radius 3 is 2.13 bits per heavy atom. The lowest BCUT2D eigenvalue weighted by atomic mass is 9.81. The first-order valence-electron chi connectivity index (χ1n) is 18.7. The van der Waals surface area contributed by atoms with Crippen molar-refractivity contribution >= 4 is 35.0 Å². The highest BCUT2D eigenvalue weighted by molar-refractivity contribution is 7.07. The second-order valence-electron chi connectivity index (χ2n) is 14.7. The van der Waals surface area contributed by atoms with Crippen LogP contribution in [0.3, 0.4) is 0 Å². The van der Waals surface area contributed by atoms with E-state index in [1.54, 1.807) is 24.5 Å². The van der Waals surface area contributed by atoms with Crippen molar-refractivity contribution in [1.29, 1.82) is 0 Å². The van der Waals surface area contributed by atoms with Crippen molar-refractivity contribution < 1.29 is 24.3 Å². The number of hydrogen-bond donors (Lipinski definition) is 4. The van der Waals surface area contributed by atoms with Crippen LogP contribution in [-0.2, 0) is 38.6 Å². The molecule has 0 aliphatic heterocycles. The maximum Gasteiger partial charge on any atom is 0.243 e. The van der Waals surface area contributed by atoms with Crippen molar-refractivity contribution in [3.63, 3.8) is 0 Å². The van der Waals surface area contributed by atoms with Crippen LogP contribution < -0.4 is 16.0 Å². The predicted octanol–water partition coefficient (Wildman–Crippen LogP) is 5.30. The van der Waals surface area contributed by atoms with Crippen molar-refractivity contribution in [2.24, 2.45) is 23.7 Å². The fraction of sp³-hybridized carbons (Fsp3) is 0.537. The van der Waals surface area contributed by atoms with Gasteiger partial charge in [-0.25, -0.2) is 4.98 Å². The summed E-state index contributed by atoms with van der Waals surface area (Å²) in [6.45, 7) is 4.32. The van der Waals surface area contributed by atoms with Crippen LogP contribution in [0.4, 0.5) is 0 Å². The third kappa shape index (κ3) is 12.8. The Morgan fingerprint density at radius 2 is 1.54 bits per heavy atom. The summed E-state index contributed by atoms with van der Waals surface area (Å²) in [5.74, 6) is -1.96. The number of rotatable bonds is 19. The Balaban J connectivity index is 1.55. The third-order valence-corrected chi connectivity index (χ3v) is 11.0. The van der Waals surface area contributed by atoms with Gasteiger partial charge in [0.15, 0.2) is 0 Å². The molecule has 1 aliphatic carbocycles. The average molecular weight is 732 g/mol. The molecule has 1 fully saturated rings. The quantitative estimate of drug-likeness (QED) is 0.132. The molecule has 4 amide bonds. The van der Waals surface area contributed by atoms with E-state index in [-0.39, 0.29) is 37.0 Å². The molecule has 1 aliphatic rings. The summed E-state index contributed by atoms with van der Waals surface area (Å²) in [5.41, 5.74) is 4.25. The molecule has 3 aromatic rings. The third-order valence-electron chi connectivity index (χ3n) is 10.3. The lowest BCUT2D eigenvalue weighted by Gasteiger charge is -2.33. The molecule has 0 bridgehead atoms. The molecule has 1 aromatic heterocycles. The lowest BCUT2D eigenvalue weighted by molar-refractivity contribution is -0.137.